The van der Waals surface area contributed by atoms with Crippen molar-refractivity contribution in [3.05, 3.63) is 68.8 Å². The van der Waals surface area contributed by atoms with E-state index in [0.29, 0.717) is 25.9 Å². The molecular weight excluding hydrogens is 540 g/mol. The van der Waals surface area contributed by atoms with Crippen molar-refractivity contribution in [3.63, 3.8) is 0 Å². The van der Waals surface area contributed by atoms with E-state index >= 15 is 0 Å². The minimum Gasteiger partial charge on any atom is -0.301 e. The SMILES string of the molecule is O=[N+]([O-])c1ccc(S(=O)(=O)NCCCN2CCN(CCCNS(=O)(=O)c3ccc([N+](=O)[O-])cc3)CC2)cc1. The summed E-state index contributed by atoms with van der Waals surface area (Å²) in [6.45, 7) is 5.15. The number of nitrogens with zero attached hydrogens (tertiary/aromatic N) is 4. The number of rotatable bonds is 14. The molecule has 0 bridgehead atoms. The van der Waals surface area contributed by atoms with Crippen LogP contribution < -0.4 is 9.44 Å². The Kier molecular flexibility index (Phi) is 10.2. The quantitative estimate of drug-likeness (QED) is 0.190. The highest BCUT2D eigenvalue weighted by atomic mass is 32.2. The van der Waals surface area contributed by atoms with E-state index < -0.39 is 29.9 Å². The third-order valence-electron chi connectivity index (χ3n) is 6.07. The number of benzene rings is 2. The zero-order valence-electron chi connectivity index (χ0n) is 20.6. The molecule has 0 spiro atoms. The number of piperazine rings is 1. The fourth-order valence-electron chi connectivity index (χ4n) is 3.92. The van der Waals surface area contributed by atoms with E-state index in [1.165, 1.54) is 24.3 Å². The monoisotopic (exact) mass is 570 g/mol. The van der Waals surface area contributed by atoms with Crippen molar-refractivity contribution < 1.29 is 26.7 Å². The second kappa shape index (κ2) is 13.2. The molecule has 14 nitrogen and oxygen atoms in total. The number of non-ortho nitro benzene ring substituents is 2. The summed E-state index contributed by atoms with van der Waals surface area (Å²) in [4.78, 5) is 24.7. The minimum absolute atomic E-state index is 0.0215. The molecule has 0 amide bonds. The van der Waals surface area contributed by atoms with E-state index in [-0.39, 0.29) is 34.3 Å². The van der Waals surface area contributed by atoms with Gasteiger partial charge in [-0.25, -0.2) is 26.3 Å². The first-order chi connectivity index (χ1) is 18.0. The standard InChI is InChI=1S/C22H30N6O8S2/c29-27(30)19-3-7-21(8-4-19)37(33,34)23-11-1-13-25-15-17-26(18-16-25)14-2-12-24-38(35,36)22-9-5-20(6-10-22)28(31)32/h3-10,23-24H,1-2,11-18H2. The van der Waals surface area contributed by atoms with Crippen molar-refractivity contribution in [2.75, 3.05) is 52.4 Å². The number of sulfonamides is 2. The summed E-state index contributed by atoms with van der Waals surface area (Å²) in [5.41, 5.74) is -0.349. The molecule has 0 aromatic heterocycles. The highest BCUT2D eigenvalue weighted by Gasteiger charge is 2.19. The van der Waals surface area contributed by atoms with Gasteiger partial charge < -0.3 is 9.80 Å². The first-order valence-corrected chi connectivity index (χ1v) is 14.9. The summed E-state index contributed by atoms with van der Waals surface area (Å²) in [5.74, 6) is 0. The number of nitrogens with one attached hydrogen (secondary N) is 2. The molecule has 0 atom stereocenters. The van der Waals surface area contributed by atoms with Crippen LogP contribution in [0.15, 0.2) is 58.3 Å². The molecular formula is C22H30N6O8S2. The lowest BCUT2D eigenvalue weighted by atomic mass is 10.2. The molecule has 1 aliphatic heterocycles. The van der Waals surface area contributed by atoms with Crippen LogP contribution in [0.25, 0.3) is 0 Å². The zero-order valence-corrected chi connectivity index (χ0v) is 22.2. The van der Waals surface area contributed by atoms with E-state index in [1.54, 1.807) is 0 Å². The van der Waals surface area contributed by atoms with Crippen LogP contribution in [0.3, 0.4) is 0 Å². The molecule has 2 aromatic carbocycles. The number of hydrogen-bond acceptors (Lipinski definition) is 10. The average molecular weight is 571 g/mol. The third kappa shape index (κ3) is 8.50. The van der Waals surface area contributed by atoms with Gasteiger partial charge in [-0.15, -0.1) is 0 Å². The number of nitro benzene ring substituents is 2. The first kappa shape index (κ1) is 29.5. The second-order valence-electron chi connectivity index (χ2n) is 8.69. The van der Waals surface area contributed by atoms with Gasteiger partial charge in [0.25, 0.3) is 11.4 Å². The van der Waals surface area contributed by atoms with Crippen molar-refractivity contribution >= 4 is 31.4 Å². The van der Waals surface area contributed by atoms with Crippen LogP contribution in [-0.2, 0) is 20.0 Å². The Morgan fingerprint density at radius 3 is 1.24 bits per heavy atom. The largest absolute Gasteiger partial charge is 0.301 e. The summed E-state index contributed by atoms with van der Waals surface area (Å²) in [5, 5.41) is 21.4. The van der Waals surface area contributed by atoms with E-state index in [4.69, 9.17) is 0 Å². The van der Waals surface area contributed by atoms with Crippen molar-refractivity contribution in [2.45, 2.75) is 22.6 Å². The third-order valence-corrected chi connectivity index (χ3v) is 9.02. The molecule has 2 N–H and O–H groups in total. The topological polar surface area (TPSA) is 185 Å². The van der Waals surface area contributed by atoms with E-state index in [0.717, 1.165) is 50.4 Å². The van der Waals surface area contributed by atoms with Crippen molar-refractivity contribution in [3.8, 4) is 0 Å². The molecule has 2 aromatic rings. The van der Waals surface area contributed by atoms with Crippen LogP contribution >= 0.6 is 0 Å². The highest BCUT2D eigenvalue weighted by Crippen LogP contribution is 2.16. The Morgan fingerprint density at radius 1 is 0.632 bits per heavy atom. The molecule has 0 radical (unpaired) electrons. The first-order valence-electron chi connectivity index (χ1n) is 11.9. The van der Waals surface area contributed by atoms with E-state index in [9.17, 15) is 37.1 Å². The van der Waals surface area contributed by atoms with Crippen molar-refractivity contribution in [1.82, 2.24) is 19.2 Å². The molecule has 0 aliphatic carbocycles. The molecule has 1 heterocycles. The molecule has 38 heavy (non-hydrogen) atoms. The molecule has 1 aliphatic rings. The summed E-state index contributed by atoms with van der Waals surface area (Å²) >= 11 is 0. The van der Waals surface area contributed by atoms with Crippen LogP contribution in [0.1, 0.15) is 12.8 Å². The van der Waals surface area contributed by atoms with Gasteiger partial charge in [0, 0.05) is 63.5 Å². The van der Waals surface area contributed by atoms with Gasteiger partial charge in [-0.2, -0.15) is 0 Å². The Morgan fingerprint density at radius 2 is 0.947 bits per heavy atom. The maximum atomic E-state index is 12.3. The maximum Gasteiger partial charge on any atom is 0.269 e. The van der Waals surface area contributed by atoms with Crippen LogP contribution in [0.4, 0.5) is 11.4 Å². The Bertz CT molecular complexity index is 1210. The molecule has 1 fully saturated rings. The van der Waals surface area contributed by atoms with Crippen LogP contribution in [0.2, 0.25) is 0 Å². The van der Waals surface area contributed by atoms with E-state index in [2.05, 4.69) is 19.2 Å². The molecule has 1 saturated heterocycles. The number of hydrogen-bond donors (Lipinski definition) is 2. The molecule has 3 rings (SSSR count). The summed E-state index contributed by atoms with van der Waals surface area (Å²) in [6, 6.07) is 9.45. The summed E-state index contributed by atoms with van der Waals surface area (Å²) < 4.78 is 54.4. The van der Waals surface area contributed by atoms with Gasteiger partial charge in [0.2, 0.25) is 20.0 Å². The van der Waals surface area contributed by atoms with Gasteiger partial charge >= 0.3 is 0 Å². The van der Waals surface area contributed by atoms with Gasteiger partial charge in [-0.1, -0.05) is 0 Å². The smallest absolute Gasteiger partial charge is 0.269 e. The van der Waals surface area contributed by atoms with E-state index in [1.807, 2.05) is 0 Å². The lowest BCUT2D eigenvalue weighted by molar-refractivity contribution is -0.385. The van der Waals surface area contributed by atoms with Crippen LogP contribution in [-0.4, -0.2) is 88.8 Å². The van der Waals surface area contributed by atoms with Gasteiger partial charge in [0.15, 0.2) is 0 Å². The number of nitro groups is 2. The van der Waals surface area contributed by atoms with Gasteiger partial charge in [-0.3, -0.25) is 20.2 Å². The van der Waals surface area contributed by atoms with Crippen molar-refractivity contribution in [1.29, 1.82) is 0 Å². The van der Waals surface area contributed by atoms with Gasteiger partial charge in [0.1, 0.15) is 0 Å². The lowest BCUT2D eigenvalue weighted by Crippen LogP contribution is -2.47. The Labute approximate surface area is 221 Å². The minimum atomic E-state index is -3.74. The van der Waals surface area contributed by atoms with Crippen LogP contribution in [0, 0.1) is 20.2 Å². The predicted octanol–water partition coefficient (Wildman–Crippen LogP) is 1.16. The zero-order chi connectivity index (χ0) is 27.8. The average Bonchev–Trinajstić information content (AvgIpc) is 2.90. The van der Waals surface area contributed by atoms with Crippen molar-refractivity contribution in [2.24, 2.45) is 0 Å². The summed E-state index contributed by atoms with van der Waals surface area (Å²) in [7, 11) is -7.47. The molecule has 16 heteroatoms. The fraction of sp³-hybridized carbons (Fsp3) is 0.455. The molecule has 208 valence electrons. The normalized spacial score (nSPS) is 15.4. The Hall–Kier alpha value is -3.02. The maximum absolute atomic E-state index is 12.3. The second-order valence-corrected chi connectivity index (χ2v) is 12.2. The van der Waals surface area contributed by atoms with Gasteiger partial charge in [0.05, 0.1) is 19.6 Å². The molecule has 0 unspecified atom stereocenters. The van der Waals surface area contributed by atoms with Gasteiger partial charge in [-0.05, 0) is 50.2 Å². The van der Waals surface area contributed by atoms with Crippen LogP contribution in [0.5, 0.6) is 0 Å². The Balaban J connectivity index is 1.30. The predicted molar refractivity (Wildman–Crippen MR) is 139 cm³/mol. The fourth-order valence-corrected chi connectivity index (χ4v) is 6.06. The summed E-state index contributed by atoms with van der Waals surface area (Å²) in [6.07, 6.45) is 1.22. The highest BCUT2D eigenvalue weighted by molar-refractivity contribution is 7.89. The molecule has 0 saturated carbocycles. The lowest BCUT2D eigenvalue weighted by Gasteiger charge is -2.34.